The van der Waals surface area contributed by atoms with Crippen LogP contribution >= 0.6 is 23.2 Å². The maximum atomic E-state index is 12.7. The number of hydrogen-bond acceptors (Lipinski definition) is 5. The number of fused-ring (bicyclic) bond motifs is 2. The van der Waals surface area contributed by atoms with E-state index in [0.29, 0.717) is 16.1 Å². The zero-order valence-electron chi connectivity index (χ0n) is 14.6. The Morgan fingerprint density at radius 2 is 2.00 bits per heavy atom. The monoisotopic (exact) mass is 387 g/mol. The third-order valence-electron chi connectivity index (χ3n) is 5.50. The van der Waals surface area contributed by atoms with Crippen LogP contribution in [0.1, 0.15) is 24.3 Å². The van der Waals surface area contributed by atoms with E-state index < -0.39 is 0 Å². The molecule has 2 unspecified atom stereocenters. The second-order valence-corrected chi connectivity index (χ2v) is 7.54. The molecule has 1 aromatic carbocycles. The quantitative estimate of drug-likeness (QED) is 0.572. The minimum Gasteiger partial charge on any atom is -0.469 e. The van der Waals surface area contributed by atoms with E-state index in [9.17, 15) is 4.79 Å². The van der Waals surface area contributed by atoms with Crippen molar-refractivity contribution in [2.45, 2.75) is 36.9 Å². The maximum absolute atomic E-state index is 12.7. The van der Waals surface area contributed by atoms with Gasteiger partial charge in [-0.2, -0.15) is 0 Å². The summed E-state index contributed by atoms with van der Waals surface area (Å²) in [5.41, 5.74) is 1.01. The molecule has 0 radical (unpaired) electrons. The molecule has 2 fully saturated rings. The molecule has 2 bridgehead atoms. The van der Waals surface area contributed by atoms with Gasteiger partial charge >= 0.3 is 5.97 Å². The second-order valence-electron chi connectivity index (χ2n) is 6.72. The van der Waals surface area contributed by atoms with Crippen LogP contribution in [0.4, 0.5) is 0 Å². The molecule has 3 rings (SSSR count). The number of piperidine rings is 1. The lowest BCUT2D eigenvalue weighted by molar-refractivity contribution is -0.154. The largest absolute Gasteiger partial charge is 0.469 e. The summed E-state index contributed by atoms with van der Waals surface area (Å²) in [6, 6.07) is 5.88. The Labute approximate surface area is 158 Å². The molecule has 0 spiro atoms. The van der Waals surface area contributed by atoms with Crippen molar-refractivity contribution in [1.82, 2.24) is 4.90 Å². The number of methoxy groups -OCH3 is 2. The first-order valence-corrected chi connectivity index (χ1v) is 9.08. The molecule has 138 valence electrons. The molecule has 2 aliphatic heterocycles. The van der Waals surface area contributed by atoms with E-state index in [2.05, 4.69) is 4.90 Å². The van der Waals surface area contributed by atoms with Crippen LogP contribution in [0.2, 0.25) is 10.0 Å². The number of nitrogens with zero attached hydrogens (tertiary/aromatic N) is 1. The number of likely N-dealkylation sites (N-methyl/N-ethyl adjacent to an activating group) is 1. The van der Waals surface area contributed by atoms with E-state index in [0.717, 1.165) is 18.4 Å². The Morgan fingerprint density at radius 3 is 2.64 bits per heavy atom. The van der Waals surface area contributed by atoms with Gasteiger partial charge in [-0.3, -0.25) is 9.69 Å². The summed E-state index contributed by atoms with van der Waals surface area (Å²) in [5, 5.41) is 1.01. The minimum atomic E-state index is -0.326. The number of hydrogen-bond donors (Lipinski definition) is 0. The molecule has 0 aliphatic carbocycles. The summed E-state index contributed by atoms with van der Waals surface area (Å²) >= 11 is 12.3. The van der Waals surface area contributed by atoms with E-state index in [1.165, 1.54) is 7.11 Å². The Balaban J connectivity index is 1.96. The summed E-state index contributed by atoms with van der Waals surface area (Å²) in [6.07, 6.45) is 1.65. The zero-order chi connectivity index (χ0) is 18.1. The van der Waals surface area contributed by atoms with Gasteiger partial charge < -0.3 is 14.2 Å². The fourth-order valence-electron chi connectivity index (χ4n) is 4.35. The van der Waals surface area contributed by atoms with Crippen LogP contribution in [0.5, 0.6) is 0 Å². The van der Waals surface area contributed by atoms with Crippen LogP contribution in [0, 0.1) is 5.92 Å². The average molecular weight is 388 g/mol. The number of ether oxygens (including phenoxy) is 3. The number of carbonyl (C=O) groups is 1. The number of rotatable bonds is 5. The Bertz CT molecular complexity index is 642. The summed E-state index contributed by atoms with van der Waals surface area (Å²) in [7, 11) is 5.08. The van der Waals surface area contributed by atoms with Gasteiger partial charge in [0.25, 0.3) is 0 Å². The first kappa shape index (κ1) is 18.9. The highest BCUT2D eigenvalue weighted by Crippen LogP contribution is 2.48. The Morgan fingerprint density at radius 1 is 1.24 bits per heavy atom. The van der Waals surface area contributed by atoms with Crippen molar-refractivity contribution < 1.29 is 19.0 Å². The molecule has 25 heavy (non-hydrogen) atoms. The van der Waals surface area contributed by atoms with E-state index >= 15 is 0 Å². The highest BCUT2D eigenvalue weighted by molar-refractivity contribution is 6.42. The van der Waals surface area contributed by atoms with Gasteiger partial charge in [0, 0.05) is 25.1 Å². The predicted octanol–water partition coefficient (Wildman–Crippen LogP) is 3.33. The lowest BCUT2D eigenvalue weighted by Crippen LogP contribution is -2.52. The van der Waals surface area contributed by atoms with E-state index in [4.69, 9.17) is 37.4 Å². The van der Waals surface area contributed by atoms with Gasteiger partial charge in [0.15, 0.2) is 0 Å². The normalized spacial score (nSPS) is 32.0. The van der Waals surface area contributed by atoms with Crippen molar-refractivity contribution in [1.29, 1.82) is 0 Å². The molecule has 0 N–H and O–H groups in total. The van der Waals surface area contributed by atoms with Crippen molar-refractivity contribution >= 4 is 29.2 Å². The molecule has 5 atom stereocenters. The molecule has 7 heteroatoms. The SMILES string of the molecule is COCO[C@@H]1CC2C[C@H](c3ccc(Cl)c(Cl)c3)[C@H](C(=O)OC)C1N2C. The van der Waals surface area contributed by atoms with E-state index in [1.54, 1.807) is 13.2 Å². The Hall–Kier alpha value is -0.850. The van der Waals surface area contributed by atoms with Gasteiger partial charge in [-0.25, -0.2) is 0 Å². The minimum absolute atomic E-state index is 0.0181. The van der Waals surface area contributed by atoms with Crippen LogP contribution in [-0.4, -0.2) is 57.1 Å². The third kappa shape index (κ3) is 3.53. The highest BCUT2D eigenvalue weighted by atomic mass is 35.5. The first-order valence-electron chi connectivity index (χ1n) is 8.33. The molecule has 2 heterocycles. The van der Waals surface area contributed by atoms with Gasteiger partial charge in [0.1, 0.15) is 6.79 Å². The number of esters is 1. The average Bonchev–Trinajstić information content (AvgIpc) is 2.80. The van der Waals surface area contributed by atoms with Crippen molar-refractivity contribution in [2.24, 2.45) is 5.92 Å². The van der Waals surface area contributed by atoms with E-state index in [1.807, 2.05) is 19.2 Å². The smallest absolute Gasteiger partial charge is 0.310 e. The molecule has 2 saturated heterocycles. The lowest BCUT2D eigenvalue weighted by atomic mass is 9.76. The summed E-state index contributed by atoms with van der Waals surface area (Å²) in [4.78, 5) is 14.9. The third-order valence-corrected chi connectivity index (χ3v) is 6.24. The maximum Gasteiger partial charge on any atom is 0.310 e. The van der Waals surface area contributed by atoms with Crippen LogP contribution in [0.3, 0.4) is 0 Å². The first-order chi connectivity index (χ1) is 12.0. The van der Waals surface area contributed by atoms with Crippen LogP contribution in [-0.2, 0) is 19.0 Å². The molecule has 1 aromatic rings. The fraction of sp³-hybridized carbons (Fsp3) is 0.611. The van der Waals surface area contributed by atoms with Gasteiger partial charge in [-0.1, -0.05) is 29.3 Å². The lowest BCUT2D eigenvalue weighted by Gasteiger charge is -2.42. The van der Waals surface area contributed by atoms with Crippen LogP contribution in [0.25, 0.3) is 0 Å². The molecule has 2 aliphatic rings. The van der Waals surface area contributed by atoms with Crippen molar-refractivity contribution in [3.05, 3.63) is 33.8 Å². The van der Waals surface area contributed by atoms with Crippen molar-refractivity contribution in [3.63, 3.8) is 0 Å². The van der Waals surface area contributed by atoms with Crippen molar-refractivity contribution in [2.75, 3.05) is 28.1 Å². The van der Waals surface area contributed by atoms with Gasteiger partial charge in [-0.15, -0.1) is 0 Å². The highest BCUT2D eigenvalue weighted by Gasteiger charge is 2.54. The van der Waals surface area contributed by atoms with Crippen LogP contribution < -0.4 is 0 Å². The summed E-state index contributed by atoms with van der Waals surface area (Å²) in [6.45, 7) is 0.215. The molecule has 0 aromatic heterocycles. The van der Waals surface area contributed by atoms with Gasteiger partial charge in [-0.05, 0) is 37.6 Å². The number of halogens is 2. The molecule has 0 saturated carbocycles. The van der Waals surface area contributed by atoms with Crippen LogP contribution in [0.15, 0.2) is 18.2 Å². The van der Waals surface area contributed by atoms with E-state index in [-0.39, 0.29) is 36.7 Å². The second kappa shape index (κ2) is 7.80. The zero-order valence-corrected chi connectivity index (χ0v) is 16.1. The molecular formula is C18H23Cl2NO4. The molecular weight excluding hydrogens is 365 g/mol. The molecule has 5 nitrogen and oxygen atoms in total. The summed E-state index contributed by atoms with van der Waals surface area (Å²) < 4.78 is 16.1. The van der Waals surface area contributed by atoms with Gasteiger partial charge in [0.05, 0.1) is 29.2 Å². The topological polar surface area (TPSA) is 48.0 Å². The predicted molar refractivity (Wildman–Crippen MR) is 96.0 cm³/mol. The number of carbonyl (C=O) groups excluding carboxylic acids is 1. The van der Waals surface area contributed by atoms with Crippen molar-refractivity contribution in [3.8, 4) is 0 Å². The summed E-state index contributed by atoms with van der Waals surface area (Å²) in [5.74, 6) is -0.531. The fourth-order valence-corrected chi connectivity index (χ4v) is 4.66. The number of benzene rings is 1. The van der Waals surface area contributed by atoms with Gasteiger partial charge in [0.2, 0.25) is 0 Å². The Kier molecular flexibility index (Phi) is 5.91. The molecule has 0 amide bonds. The standard InChI is InChI=1S/C18H23Cl2NO4/c1-21-11-7-12(10-4-5-13(19)14(20)6-10)16(18(22)24-3)17(21)15(8-11)25-9-23-2/h4-6,11-12,15-17H,7-9H2,1-3H3/t11?,12-,15-,16+,17?/m1/s1.